The van der Waals surface area contributed by atoms with Gasteiger partial charge in [0.2, 0.25) is 23.6 Å². The molecule has 0 aliphatic carbocycles. The highest BCUT2D eigenvalue weighted by molar-refractivity contribution is 6.00. The average Bonchev–Trinajstić information content (AvgIpc) is 3.33. The van der Waals surface area contributed by atoms with Crippen molar-refractivity contribution in [2.45, 2.75) is 97.8 Å². The van der Waals surface area contributed by atoms with E-state index in [0.717, 1.165) is 30.6 Å². The zero-order chi connectivity index (χ0) is 51.8. The Labute approximate surface area is 416 Å². The van der Waals surface area contributed by atoms with E-state index < -0.39 is 53.7 Å². The Kier molecular flexibility index (Phi) is 19.8. The lowest BCUT2D eigenvalue weighted by Gasteiger charge is -2.32. The number of ether oxygens (including phenoxy) is 3. The zero-order valence-electron chi connectivity index (χ0n) is 41.9. The molecule has 5 rings (SSSR count). The summed E-state index contributed by atoms with van der Waals surface area (Å²) in [5, 5.41) is 20.0. The van der Waals surface area contributed by atoms with Crippen molar-refractivity contribution in [3.63, 3.8) is 0 Å². The second kappa shape index (κ2) is 25.6. The summed E-state index contributed by atoms with van der Waals surface area (Å²) in [5.41, 5.74) is 21.5. The first-order valence-electron chi connectivity index (χ1n) is 23.9. The summed E-state index contributed by atoms with van der Waals surface area (Å²) < 4.78 is 18.2. The van der Waals surface area contributed by atoms with Crippen molar-refractivity contribution in [3.05, 3.63) is 88.7 Å². The third kappa shape index (κ3) is 14.9. The number of amides is 5. The van der Waals surface area contributed by atoms with Gasteiger partial charge >= 0.3 is 0 Å². The van der Waals surface area contributed by atoms with Crippen LogP contribution in [-0.4, -0.2) is 116 Å². The molecule has 380 valence electrons. The molecule has 4 bridgehead atoms. The first-order valence-corrected chi connectivity index (χ1v) is 23.9. The summed E-state index contributed by atoms with van der Waals surface area (Å²) in [5.74, 6) is -1.47. The van der Waals surface area contributed by atoms with E-state index >= 15 is 0 Å². The van der Waals surface area contributed by atoms with Crippen LogP contribution >= 0.6 is 0 Å². The van der Waals surface area contributed by atoms with E-state index in [-0.39, 0.29) is 63.2 Å². The Balaban J connectivity index is 1.48. The van der Waals surface area contributed by atoms with Crippen molar-refractivity contribution >= 4 is 29.5 Å². The van der Waals surface area contributed by atoms with Crippen molar-refractivity contribution in [1.82, 2.24) is 36.1 Å². The minimum absolute atomic E-state index is 0.00199. The minimum atomic E-state index is -1.41. The molecular weight excluding hydrogens is 907 g/mol. The maximum atomic E-state index is 14.8. The number of aryl methyl sites for hydroxylation is 2. The van der Waals surface area contributed by atoms with E-state index in [1.165, 1.54) is 18.9 Å². The van der Waals surface area contributed by atoms with Gasteiger partial charge < -0.3 is 57.6 Å². The maximum absolute atomic E-state index is 14.8. The van der Waals surface area contributed by atoms with Gasteiger partial charge in [0.05, 0.1) is 29.6 Å². The maximum Gasteiger partial charge on any atom is 0.255 e. The number of aromatic nitrogens is 2. The molecule has 0 spiro atoms. The monoisotopic (exact) mass is 976 g/mol. The van der Waals surface area contributed by atoms with Gasteiger partial charge in [-0.2, -0.15) is 5.26 Å². The molecule has 71 heavy (non-hydrogen) atoms. The lowest BCUT2D eigenvalue weighted by molar-refractivity contribution is -0.141. The molecular formula is C52H69N11O8. The third-order valence-corrected chi connectivity index (χ3v) is 11.8. The number of nitriles is 1. The third-order valence-electron chi connectivity index (χ3n) is 11.8. The number of nitrogens with two attached hydrogens (primary N) is 3. The van der Waals surface area contributed by atoms with Crippen LogP contribution in [0.5, 0.6) is 17.2 Å². The zero-order valence-corrected chi connectivity index (χ0v) is 41.9. The van der Waals surface area contributed by atoms with Crippen molar-refractivity contribution < 1.29 is 38.2 Å². The predicted octanol–water partition coefficient (Wildman–Crippen LogP) is 3.53. The molecule has 5 amide bonds. The molecule has 4 aromatic rings. The highest BCUT2D eigenvalue weighted by Gasteiger charge is 2.36. The Morgan fingerprint density at radius 1 is 0.845 bits per heavy atom. The van der Waals surface area contributed by atoms with E-state index in [9.17, 15) is 29.2 Å². The van der Waals surface area contributed by atoms with E-state index in [1.54, 1.807) is 50.2 Å². The predicted molar refractivity (Wildman–Crippen MR) is 269 cm³/mol. The van der Waals surface area contributed by atoms with Crippen LogP contribution in [0.3, 0.4) is 0 Å². The van der Waals surface area contributed by atoms with Crippen LogP contribution < -0.4 is 52.7 Å². The number of hydrogen-bond acceptors (Lipinski definition) is 14. The summed E-state index contributed by atoms with van der Waals surface area (Å²) in [7, 11) is 1.42. The fourth-order valence-corrected chi connectivity index (χ4v) is 8.18. The molecule has 2 heterocycles. The van der Waals surface area contributed by atoms with Gasteiger partial charge in [-0.05, 0) is 118 Å². The van der Waals surface area contributed by atoms with Crippen molar-refractivity contribution in [2.24, 2.45) is 22.6 Å². The molecule has 10 N–H and O–H groups in total. The number of carbonyl (C=O) groups is 5. The Morgan fingerprint density at radius 3 is 2.08 bits per heavy atom. The normalized spacial score (nSPS) is 16.3. The molecule has 4 atom stereocenters. The summed E-state index contributed by atoms with van der Waals surface area (Å²) >= 11 is 0. The summed E-state index contributed by atoms with van der Waals surface area (Å²) in [6.45, 7) is 12.4. The fourth-order valence-electron chi connectivity index (χ4n) is 8.18. The fraction of sp³-hybridized carbons (Fsp3) is 0.462. The summed E-state index contributed by atoms with van der Waals surface area (Å²) in [6.07, 6.45) is 3.13. The highest BCUT2D eigenvalue weighted by atomic mass is 16.5. The smallest absolute Gasteiger partial charge is 0.255 e. The molecule has 0 saturated heterocycles. The summed E-state index contributed by atoms with van der Waals surface area (Å²) in [6, 6.07) is 14.4. The van der Waals surface area contributed by atoms with E-state index in [4.69, 9.17) is 31.4 Å². The van der Waals surface area contributed by atoms with Gasteiger partial charge in [0.15, 0.2) is 5.82 Å². The molecule has 19 heteroatoms. The van der Waals surface area contributed by atoms with Crippen LogP contribution in [0.1, 0.15) is 92.3 Å². The van der Waals surface area contributed by atoms with Crippen molar-refractivity contribution in [3.8, 4) is 45.8 Å². The first kappa shape index (κ1) is 54.8. The first-order chi connectivity index (χ1) is 33.9. The lowest BCUT2D eigenvalue weighted by atomic mass is 9.90. The number of nitrogens with zero attached hydrogens (tertiary/aromatic N) is 4. The molecule has 1 aliphatic heterocycles. The number of carbonyl (C=O) groups excluding carboxylic acids is 5. The average molecular weight is 976 g/mol. The Hall–Kier alpha value is -7.14. The molecule has 0 radical (unpaired) electrons. The van der Waals surface area contributed by atoms with Gasteiger partial charge in [-0.15, -0.1) is 0 Å². The molecule has 0 fully saturated rings. The number of unbranched alkanes of at least 4 members (excludes halogenated alkanes) is 1. The Bertz CT molecular complexity index is 2540. The van der Waals surface area contributed by atoms with Gasteiger partial charge in [-0.25, -0.2) is 9.97 Å². The van der Waals surface area contributed by atoms with Crippen LogP contribution in [0, 0.1) is 30.6 Å². The number of hydrogen-bond donors (Lipinski definition) is 7. The number of likely N-dealkylation sites (N-methyl/N-ethyl adjacent to an activating group) is 1. The number of nitrogens with one attached hydrogen (secondary N) is 4. The van der Waals surface area contributed by atoms with Gasteiger partial charge in [-0.3, -0.25) is 24.0 Å². The number of fused-ring (bicyclic) bond motifs is 5. The van der Waals surface area contributed by atoms with Crippen LogP contribution in [0.25, 0.3) is 22.5 Å². The molecule has 1 aliphatic rings. The summed E-state index contributed by atoms with van der Waals surface area (Å²) in [4.78, 5) is 81.3. The van der Waals surface area contributed by atoms with Crippen molar-refractivity contribution in [2.75, 3.05) is 53.0 Å². The second-order valence-corrected chi connectivity index (χ2v) is 18.7. The molecule has 0 saturated carbocycles. The number of benzene rings is 3. The van der Waals surface area contributed by atoms with Gasteiger partial charge in [0.1, 0.15) is 61.2 Å². The standard InChI is InChI=1S/C52H69N11O8/c1-31-44(32(2)59-46(58-31)35-11-14-37(15-12-35)69-25-9-8-19-52(4,5)6)49(66)61-40(18-20-53)51(68)63(7)45-36-13-17-43(71-27-23-56)39(30-36)38-28-34(10-16-42(38)70-26-22-55)29-41(48(65)57-24-21-54)62-47(64)33(3)60-50(45)67/h10-17,28,30,33,40-41,45H,8-9,18-20,22-27,29,53,55-56H2,1-7H3,(H,57,65)(H,60,67)(H,61,66)(H,62,64). The largest absolute Gasteiger partial charge is 0.494 e. The van der Waals surface area contributed by atoms with Crippen LogP contribution in [-0.2, 0) is 25.6 Å². The topological polar surface area (TPSA) is 292 Å². The molecule has 4 unspecified atom stereocenters. The van der Waals surface area contributed by atoms with Gasteiger partial charge in [-0.1, -0.05) is 32.9 Å². The van der Waals surface area contributed by atoms with Crippen LogP contribution in [0.4, 0.5) is 0 Å². The Morgan fingerprint density at radius 2 is 1.48 bits per heavy atom. The van der Waals surface area contributed by atoms with Crippen LogP contribution in [0.15, 0.2) is 60.7 Å². The van der Waals surface area contributed by atoms with Crippen molar-refractivity contribution in [1.29, 1.82) is 5.26 Å². The van der Waals surface area contributed by atoms with E-state index in [2.05, 4.69) is 52.0 Å². The van der Waals surface area contributed by atoms with Gasteiger partial charge in [0.25, 0.3) is 5.91 Å². The second-order valence-electron chi connectivity index (χ2n) is 18.7. The molecule has 1 aromatic heterocycles. The lowest BCUT2D eigenvalue weighted by Crippen LogP contribution is -2.56. The quantitative estimate of drug-likeness (QED) is 0.0493. The number of rotatable bonds is 20. The molecule has 3 aromatic carbocycles. The molecule has 19 nitrogen and oxygen atoms in total. The van der Waals surface area contributed by atoms with Gasteiger partial charge in [0, 0.05) is 43.2 Å². The SMILES string of the molecule is Cc1nc(-c2ccc(OCCCCC(C)(C)C)cc2)nc(C)c1C(=O)NC(CCN)C(=O)N(C)C1C(=O)NC(C)C(=O)NC(C(=O)NCC#N)Cc2ccc(OCCN)c(c2)-c2cc1ccc2OCCN. The van der Waals surface area contributed by atoms with Crippen LogP contribution in [0.2, 0.25) is 0 Å². The van der Waals surface area contributed by atoms with E-state index in [1.807, 2.05) is 30.3 Å². The van der Waals surface area contributed by atoms with E-state index in [0.29, 0.717) is 57.6 Å². The highest BCUT2D eigenvalue weighted by Crippen LogP contribution is 2.40. The minimum Gasteiger partial charge on any atom is -0.494 e.